The Kier molecular flexibility index (Phi) is 12.0. The van der Waals surface area contributed by atoms with Crippen molar-refractivity contribution in [3.05, 3.63) is 94.6 Å². The summed E-state index contributed by atoms with van der Waals surface area (Å²) >= 11 is 0. The number of halogens is 11. The van der Waals surface area contributed by atoms with Crippen LogP contribution in [0.1, 0.15) is 1.43 Å². The van der Waals surface area contributed by atoms with Gasteiger partial charge in [0.05, 0.1) is 18.2 Å². The third kappa shape index (κ3) is 7.08. The Morgan fingerprint density at radius 2 is 1.07 bits per heavy atom. The molecule has 0 atom stereocenters. The van der Waals surface area contributed by atoms with Gasteiger partial charge in [-0.3, -0.25) is 4.72 Å². The van der Waals surface area contributed by atoms with Crippen LogP contribution in [-0.4, -0.2) is 49.0 Å². The number of para-hydroxylation sites is 2. The lowest BCUT2D eigenvalue weighted by Gasteiger charge is -2.14. The Hall–Kier alpha value is -4.52. The first kappa shape index (κ1) is 35.0. The Morgan fingerprint density at radius 3 is 1.40 bits per heavy atom. The largest absolute Gasteiger partial charge is 0.569 e. The lowest BCUT2D eigenvalue weighted by molar-refractivity contribution is 0.378. The standard InChI is InChI=1S/C18H4F10O.C7H9B2O5.FH.H2O/c19-8-6(9(20)13(24)16(27)12(8)23)4-2-1-3-5(18(4)29)7-10(21)14(25)17(28)15(26)11(7)22;1-13-7-5(9(11)12)3-2-4-6(7)14-8-10;;/h1-3,29H;2-4,10-12H,1H3;1H;1H2/i/hTD. The zero-order chi connectivity index (χ0) is 36.3. The van der Waals surface area contributed by atoms with Gasteiger partial charge in [-0.25, -0.2) is 43.9 Å². The molecular weight excluding hydrogens is 643 g/mol. The Bertz CT molecular complexity index is 1560. The van der Waals surface area contributed by atoms with Crippen molar-refractivity contribution in [2.45, 2.75) is 0 Å². The maximum Gasteiger partial charge on any atom is 0.569 e. The van der Waals surface area contributed by atoms with Crippen molar-refractivity contribution in [3.8, 4) is 39.5 Å². The minimum absolute atomic E-state index is 0.173. The Labute approximate surface area is 248 Å². The summed E-state index contributed by atoms with van der Waals surface area (Å²) in [6, 6.07) is 6.52. The maximum atomic E-state index is 14.0. The molecule has 7 nitrogen and oxygen atoms in total. The highest BCUT2D eigenvalue weighted by molar-refractivity contribution is 6.59. The zero-order valence-corrected chi connectivity index (χ0v) is 21.8. The molecule has 0 aliphatic heterocycles. The van der Waals surface area contributed by atoms with Crippen molar-refractivity contribution >= 4 is 20.3 Å². The number of hydrogen-bond acceptors (Lipinski definition) is 6. The van der Waals surface area contributed by atoms with Crippen molar-refractivity contribution in [1.29, 1.82) is 1.45 Å². The van der Waals surface area contributed by atoms with Gasteiger partial charge in [0.15, 0.2) is 52.3 Å². The highest BCUT2D eigenvalue weighted by atomic mass is 19.2. The molecule has 0 spiro atoms. The second-order valence-electron chi connectivity index (χ2n) is 8.07. The van der Waals surface area contributed by atoms with Gasteiger partial charge in [-0.2, -0.15) is 0 Å². The summed E-state index contributed by atoms with van der Waals surface area (Å²) in [5.74, 6) is -25.1. The number of phenolic OH excluding ortho intramolecular Hbond substituents is 1. The van der Waals surface area contributed by atoms with Crippen LogP contribution < -0.4 is 14.9 Å². The van der Waals surface area contributed by atoms with E-state index < -0.39 is 93.3 Å². The molecule has 4 aromatic rings. The predicted octanol–water partition coefficient (Wildman–Crippen LogP) is 3.73. The minimum Gasteiger partial charge on any atom is -0.535 e. The SMILES string of the molecule is COc1c(O[B]O)cccc1B(O)O.Oc1c(-c2c(F)c(F)c(F)c(F)c2F)cccc1-c1c(F)c(F)c(F)c(F)c1F.[2H]F.[3H]O. The molecule has 0 aliphatic carbocycles. The zero-order valence-electron chi connectivity index (χ0n) is 23.8. The number of aromatic hydroxyl groups is 1. The van der Waals surface area contributed by atoms with E-state index in [1.54, 1.807) is 6.07 Å². The third-order valence-electron chi connectivity index (χ3n) is 5.67. The molecule has 20 heteroatoms. The molecule has 45 heavy (non-hydrogen) atoms. The summed E-state index contributed by atoms with van der Waals surface area (Å²) in [5.41, 5.74) is 0.819. The summed E-state index contributed by atoms with van der Waals surface area (Å²) in [5, 5.41) is 36.5. The van der Waals surface area contributed by atoms with Crippen LogP contribution in [0.2, 0.25) is 0 Å². The number of methoxy groups -OCH3 is 1. The average Bonchev–Trinajstić information content (AvgIpc) is 3.08. The topological polar surface area (TPSA) is 131 Å². The van der Waals surface area contributed by atoms with Crippen LogP contribution in [0.25, 0.3) is 22.3 Å². The van der Waals surface area contributed by atoms with E-state index in [0.29, 0.717) is 19.8 Å². The van der Waals surface area contributed by atoms with Crippen LogP contribution in [0.3, 0.4) is 0 Å². The van der Waals surface area contributed by atoms with E-state index >= 15 is 0 Å². The van der Waals surface area contributed by atoms with Crippen LogP contribution in [0.4, 0.5) is 48.6 Å². The Balaban J connectivity index is 0.000000515. The van der Waals surface area contributed by atoms with Crippen LogP contribution in [-0.2, 0) is 0 Å². The van der Waals surface area contributed by atoms with E-state index in [0.717, 1.165) is 6.07 Å². The fourth-order valence-electron chi connectivity index (χ4n) is 3.73. The summed E-state index contributed by atoms with van der Waals surface area (Å²) in [4.78, 5) is 0. The van der Waals surface area contributed by atoms with Gasteiger partial charge in [0.25, 0.3) is 1.45 Å². The maximum absolute atomic E-state index is 14.0. The molecule has 0 unspecified atom stereocenters. The Morgan fingerprint density at radius 1 is 0.711 bits per heavy atom. The number of phenols is 1. The van der Waals surface area contributed by atoms with Crippen molar-refractivity contribution < 1.29 is 85.1 Å². The van der Waals surface area contributed by atoms with Gasteiger partial charge in [-0.05, 0) is 6.07 Å². The molecule has 241 valence electrons. The number of benzene rings is 4. The van der Waals surface area contributed by atoms with Crippen LogP contribution in [0.15, 0.2) is 36.4 Å². The predicted molar refractivity (Wildman–Crippen MR) is 136 cm³/mol. The van der Waals surface area contributed by atoms with Crippen LogP contribution in [0, 0.1) is 58.2 Å². The van der Waals surface area contributed by atoms with Crippen molar-refractivity contribution in [3.63, 3.8) is 0 Å². The fraction of sp³-hybridized carbons (Fsp3) is 0.0400. The monoisotopic (exact) mass is 662 g/mol. The van der Waals surface area contributed by atoms with Crippen molar-refractivity contribution in [2.75, 3.05) is 7.11 Å². The highest BCUT2D eigenvalue weighted by Crippen LogP contribution is 2.43. The van der Waals surface area contributed by atoms with Gasteiger partial charge in [0.2, 0.25) is 13.1 Å². The summed E-state index contributed by atoms with van der Waals surface area (Å²) in [6.07, 6.45) is 0. The fourth-order valence-corrected chi connectivity index (χ4v) is 3.73. The molecular formula is C25H16B2F11O7. The van der Waals surface area contributed by atoms with Crippen LogP contribution >= 0.6 is 0 Å². The lowest BCUT2D eigenvalue weighted by atomic mass is 9.79. The third-order valence-corrected chi connectivity index (χ3v) is 5.67. The molecule has 0 saturated heterocycles. The van der Waals surface area contributed by atoms with Gasteiger partial charge in [-0.15, -0.1) is 0 Å². The molecule has 0 aliphatic rings. The number of hydrogen-bond donors (Lipinski definition) is 4. The first-order valence-corrected chi connectivity index (χ1v) is 11.2. The van der Waals surface area contributed by atoms with E-state index in [1.165, 1.54) is 19.2 Å². The van der Waals surface area contributed by atoms with Gasteiger partial charge in [-0.1, -0.05) is 30.3 Å². The van der Waals surface area contributed by atoms with E-state index in [1.807, 2.05) is 0 Å². The van der Waals surface area contributed by atoms with E-state index in [2.05, 4.69) is 1.45 Å². The molecule has 6 N–H and O–H groups in total. The second kappa shape index (κ2) is 15.5. The number of ether oxygens (including phenoxy) is 1. The molecule has 1 radical (unpaired) electrons. The molecule has 4 rings (SSSR count). The summed E-state index contributed by atoms with van der Waals surface area (Å²) in [6.45, 7) is 0. The van der Waals surface area contributed by atoms with Gasteiger partial charge in [0.1, 0.15) is 11.5 Å². The van der Waals surface area contributed by atoms with Gasteiger partial charge < -0.3 is 35.0 Å². The van der Waals surface area contributed by atoms with Crippen molar-refractivity contribution in [2.24, 2.45) is 0 Å². The quantitative estimate of drug-likeness (QED) is 0.108. The molecule has 4 aromatic carbocycles. The van der Waals surface area contributed by atoms with E-state index in [9.17, 15) is 49.0 Å². The minimum atomic E-state index is -2.50. The summed E-state index contributed by atoms with van der Waals surface area (Å²) < 4.78 is 163. The van der Waals surface area contributed by atoms with E-state index in [-0.39, 0.29) is 17.0 Å². The van der Waals surface area contributed by atoms with Crippen LogP contribution in [0.5, 0.6) is 17.2 Å². The van der Waals surface area contributed by atoms with Gasteiger partial charge >= 0.3 is 14.8 Å². The first-order chi connectivity index (χ1) is 22.2. The molecule has 0 fully saturated rings. The molecule has 0 aromatic heterocycles. The first-order valence-electron chi connectivity index (χ1n) is 12.0. The average molecular weight is 662 g/mol. The molecule has 0 saturated carbocycles. The highest BCUT2D eigenvalue weighted by Gasteiger charge is 2.32. The smallest absolute Gasteiger partial charge is 0.535 e. The van der Waals surface area contributed by atoms with Gasteiger partial charge in [0, 0.05) is 16.6 Å². The normalized spacial score (nSPS) is 10.5. The lowest BCUT2D eigenvalue weighted by Crippen LogP contribution is -2.31. The summed E-state index contributed by atoms with van der Waals surface area (Å²) in [7, 11) is 0.212. The molecule has 0 heterocycles. The number of rotatable bonds is 6. The molecule has 0 amide bonds. The van der Waals surface area contributed by atoms with E-state index in [4.69, 9.17) is 36.1 Å². The second-order valence-corrected chi connectivity index (χ2v) is 8.07. The molecule has 0 bridgehead atoms. The van der Waals surface area contributed by atoms with Crippen molar-refractivity contribution in [1.82, 2.24) is 0 Å².